The van der Waals surface area contributed by atoms with Crippen LogP contribution >= 0.6 is 33.9 Å². The van der Waals surface area contributed by atoms with Crippen LogP contribution in [-0.4, -0.2) is 4.98 Å². The Bertz CT molecular complexity index is 539. The number of halogens is 1. The van der Waals surface area contributed by atoms with Gasteiger partial charge >= 0.3 is 0 Å². The number of anilines is 2. The molecule has 1 heterocycles. The van der Waals surface area contributed by atoms with Gasteiger partial charge in [0.05, 0.1) is 6.04 Å². The van der Waals surface area contributed by atoms with E-state index >= 15 is 0 Å². The summed E-state index contributed by atoms with van der Waals surface area (Å²) in [6, 6.07) is 6.11. The second kappa shape index (κ2) is 5.88. The number of nitrogen functional groups attached to an aromatic ring is 1. The molecule has 0 fully saturated rings. The van der Waals surface area contributed by atoms with Crippen LogP contribution in [0.1, 0.15) is 29.8 Å². The Morgan fingerprint density at radius 1 is 1.50 bits per heavy atom. The molecule has 0 aliphatic rings. The SMILES string of the molecule is CCc1cnc(C(C)Nc2ccc(N)cc2I)s1. The van der Waals surface area contributed by atoms with E-state index in [0.717, 1.165) is 26.4 Å². The van der Waals surface area contributed by atoms with Gasteiger partial charge in [-0.15, -0.1) is 11.3 Å². The zero-order chi connectivity index (χ0) is 13.1. The number of aryl methyl sites for hydroxylation is 1. The average molecular weight is 373 g/mol. The molecular formula is C13H16IN3S. The maximum atomic E-state index is 5.75. The summed E-state index contributed by atoms with van der Waals surface area (Å²) >= 11 is 4.06. The van der Waals surface area contributed by atoms with E-state index in [2.05, 4.69) is 46.7 Å². The topological polar surface area (TPSA) is 50.9 Å². The molecular weight excluding hydrogens is 357 g/mol. The van der Waals surface area contributed by atoms with E-state index in [9.17, 15) is 0 Å². The molecule has 1 aromatic heterocycles. The number of nitrogens with two attached hydrogens (primary N) is 1. The van der Waals surface area contributed by atoms with Crippen molar-refractivity contribution in [1.29, 1.82) is 0 Å². The summed E-state index contributed by atoms with van der Waals surface area (Å²) in [5, 5.41) is 4.60. The molecule has 0 radical (unpaired) electrons. The van der Waals surface area contributed by atoms with Crippen molar-refractivity contribution in [3.63, 3.8) is 0 Å². The van der Waals surface area contributed by atoms with E-state index in [1.165, 1.54) is 4.88 Å². The van der Waals surface area contributed by atoms with Gasteiger partial charge in [0, 0.05) is 26.0 Å². The normalized spacial score (nSPS) is 12.4. The van der Waals surface area contributed by atoms with Gasteiger partial charge in [0.1, 0.15) is 5.01 Å². The number of hydrogen-bond acceptors (Lipinski definition) is 4. The largest absolute Gasteiger partial charge is 0.399 e. The summed E-state index contributed by atoms with van der Waals surface area (Å²) in [5.74, 6) is 0. The molecule has 0 aliphatic carbocycles. The van der Waals surface area contributed by atoms with E-state index in [0.29, 0.717) is 0 Å². The lowest BCUT2D eigenvalue weighted by atomic mass is 10.2. The second-order valence-electron chi connectivity index (χ2n) is 4.12. The predicted molar refractivity (Wildman–Crippen MR) is 87.1 cm³/mol. The molecule has 3 nitrogen and oxygen atoms in total. The van der Waals surface area contributed by atoms with Crippen molar-refractivity contribution in [3.05, 3.63) is 37.9 Å². The summed E-state index contributed by atoms with van der Waals surface area (Å²) in [6.45, 7) is 4.28. The van der Waals surface area contributed by atoms with Crippen LogP contribution in [0, 0.1) is 3.57 Å². The first kappa shape index (κ1) is 13.6. The lowest BCUT2D eigenvalue weighted by Gasteiger charge is -2.14. The third-order valence-electron chi connectivity index (χ3n) is 2.66. The van der Waals surface area contributed by atoms with E-state index < -0.39 is 0 Å². The van der Waals surface area contributed by atoms with Gasteiger partial charge in [0.2, 0.25) is 0 Å². The number of rotatable bonds is 4. The highest BCUT2D eigenvalue weighted by molar-refractivity contribution is 14.1. The average Bonchev–Trinajstić information content (AvgIpc) is 2.81. The zero-order valence-electron chi connectivity index (χ0n) is 10.4. The quantitative estimate of drug-likeness (QED) is 0.628. The van der Waals surface area contributed by atoms with Gasteiger partial charge in [-0.2, -0.15) is 0 Å². The molecule has 2 rings (SSSR count). The second-order valence-corrected chi connectivity index (χ2v) is 6.43. The van der Waals surface area contributed by atoms with Gasteiger partial charge in [-0.1, -0.05) is 6.92 Å². The fraction of sp³-hybridized carbons (Fsp3) is 0.308. The molecule has 0 bridgehead atoms. The Hall–Kier alpha value is -0.820. The van der Waals surface area contributed by atoms with Crippen molar-refractivity contribution in [1.82, 2.24) is 4.98 Å². The summed E-state index contributed by atoms with van der Waals surface area (Å²) < 4.78 is 1.13. The predicted octanol–water partition coefficient (Wildman–Crippen LogP) is 4.07. The van der Waals surface area contributed by atoms with Crippen LogP contribution in [-0.2, 0) is 6.42 Å². The van der Waals surface area contributed by atoms with Crippen molar-refractivity contribution in [2.24, 2.45) is 0 Å². The Morgan fingerprint density at radius 3 is 2.89 bits per heavy atom. The number of thiazole rings is 1. The van der Waals surface area contributed by atoms with Gasteiger partial charge in [0.25, 0.3) is 0 Å². The van der Waals surface area contributed by atoms with E-state index in [1.807, 2.05) is 24.4 Å². The summed E-state index contributed by atoms with van der Waals surface area (Å²) in [6.07, 6.45) is 3.01. The molecule has 3 N–H and O–H groups in total. The molecule has 18 heavy (non-hydrogen) atoms. The fourth-order valence-corrected chi connectivity index (χ4v) is 3.18. The Kier molecular flexibility index (Phi) is 4.45. The molecule has 5 heteroatoms. The van der Waals surface area contributed by atoms with Crippen LogP contribution in [0.2, 0.25) is 0 Å². The number of nitrogens with one attached hydrogen (secondary N) is 1. The lowest BCUT2D eigenvalue weighted by molar-refractivity contribution is 0.868. The van der Waals surface area contributed by atoms with Crippen LogP contribution in [0.3, 0.4) is 0 Å². The van der Waals surface area contributed by atoms with Crippen molar-refractivity contribution in [2.75, 3.05) is 11.1 Å². The highest BCUT2D eigenvalue weighted by Crippen LogP contribution is 2.27. The highest BCUT2D eigenvalue weighted by atomic mass is 127. The van der Waals surface area contributed by atoms with E-state index in [4.69, 9.17) is 5.73 Å². The molecule has 0 amide bonds. The van der Waals surface area contributed by atoms with Crippen LogP contribution < -0.4 is 11.1 Å². The summed E-state index contributed by atoms with van der Waals surface area (Å²) in [5.41, 5.74) is 7.64. The molecule has 1 aromatic carbocycles. The van der Waals surface area contributed by atoms with Crippen molar-refractivity contribution in [3.8, 4) is 0 Å². The fourth-order valence-electron chi connectivity index (χ4n) is 1.63. The molecule has 0 saturated heterocycles. The van der Waals surface area contributed by atoms with Gasteiger partial charge in [-0.25, -0.2) is 4.98 Å². The van der Waals surface area contributed by atoms with Gasteiger partial charge < -0.3 is 11.1 Å². The standard InChI is InChI=1S/C13H16IN3S/c1-3-10-7-16-13(18-10)8(2)17-12-5-4-9(15)6-11(12)14/h4-8,17H,3,15H2,1-2H3. The van der Waals surface area contributed by atoms with Crippen LogP contribution in [0.5, 0.6) is 0 Å². The van der Waals surface area contributed by atoms with Crippen LogP contribution in [0.4, 0.5) is 11.4 Å². The number of aromatic nitrogens is 1. The summed E-state index contributed by atoms with van der Waals surface area (Å²) in [4.78, 5) is 5.78. The first-order valence-corrected chi connectivity index (χ1v) is 7.76. The monoisotopic (exact) mass is 373 g/mol. The number of benzene rings is 1. The Labute approximate surface area is 125 Å². The molecule has 96 valence electrons. The van der Waals surface area contributed by atoms with Crippen molar-refractivity contribution < 1.29 is 0 Å². The third-order valence-corrected chi connectivity index (χ3v) is 4.87. The smallest absolute Gasteiger partial charge is 0.115 e. The molecule has 0 spiro atoms. The Morgan fingerprint density at radius 2 is 2.28 bits per heavy atom. The minimum absolute atomic E-state index is 0.215. The molecule has 1 unspecified atom stereocenters. The van der Waals surface area contributed by atoms with E-state index in [1.54, 1.807) is 11.3 Å². The summed E-state index contributed by atoms with van der Waals surface area (Å²) in [7, 11) is 0. The minimum atomic E-state index is 0.215. The van der Waals surface area contributed by atoms with Gasteiger partial charge in [-0.05, 0) is 54.1 Å². The zero-order valence-corrected chi connectivity index (χ0v) is 13.4. The first-order valence-electron chi connectivity index (χ1n) is 5.86. The van der Waals surface area contributed by atoms with Crippen LogP contribution in [0.15, 0.2) is 24.4 Å². The van der Waals surface area contributed by atoms with Gasteiger partial charge in [-0.3, -0.25) is 0 Å². The van der Waals surface area contributed by atoms with Crippen LogP contribution in [0.25, 0.3) is 0 Å². The van der Waals surface area contributed by atoms with Crippen molar-refractivity contribution >= 4 is 45.3 Å². The third kappa shape index (κ3) is 3.14. The lowest BCUT2D eigenvalue weighted by Crippen LogP contribution is -2.07. The van der Waals surface area contributed by atoms with Crippen molar-refractivity contribution in [2.45, 2.75) is 26.3 Å². The first-order chi connectivity index (χ1) is 8.60. The number of nitrogens with zero attached hydrogens (tertiary/aromatic N) is 1. The minimum Gasteiger partial charge on any atom is -0.399 e. The number of hydrogen-bond donors (Lipinski definition) is 2. The van der Waals surface area contributed by atoms with Gasteiger partial charge in [0.15, 0.2) is 0 Å². The highest BCUT2D eigenvalue weighted by Gasteiger charge is 2.11. The molecule has 2 aromatic rings. The molecule has 0 saturated carbocycles. The molecule has 1 atom stereocenters. The maximum Gasteiger partial charge on any atom is 0.115 e. The molecule has 0 aliphatic heterocycles. The van der Waals surface area contributed by atoms with E-state index in [-0.39, 0.29) is 6.04 Å². The Balaban J connectivity index is 2.13. The maximum absolute atomic E-state index is 5.75.